The number of hydrogen-bond donors (Lipinski definition) is 0. The van der Waals surface area contributed by atoms with E-state index >= 15 is 13.2 Å². The van der Waals surface area contributed by atoms with Crippen molar-refractivity contribution in [3.8, 4) is 11.1 Å². The number of rotatable bonds is 8. The number of halogens is 4. The summed E-state index contributed by atoms with van der Waals surface area (Å²) in [5.74, 6) is -3.56. The van der Waals surface area contributed by atoms with Gasteiger partial charge in [0.15, 0.2) is 23.3 Å². The molecule has 0 bridgehead atoms. The molecule has 0 aliphatic carbocycles. The van der Waals surface area contributed by atoms with Crippen LogP contribution in [0.4, 0.5) is 17.6 Å². The van der Waals surface area contributed by atoms with Crippen LogP contribution in [0.5, 0.6) is 0 Å². The average molecular weight is 505 g/mol. The van der Waals surface area contributed by atoms with Gasteiger partial charge in [0, 0.05) is 22.6 Å². The highest BCUT2D eigenvalue weighted by Gasteiger charge is 2.28. The van der Waals surface area contributed by atoms with Crippen molar-refractivity contribution in [2.75, 3.05) is 13.2 Å². The molecule has 2 saturated heterocycles. The minimum atomic E-state index is -1.18. The van der Waals surface area contributed by atoms with Gasteiger partial charge in [-0.05, 0) is 63.4 Å². The van der Waals surface area contributed by atoms with E-state index in [-0.39, 0.29) is 28.4 Å². The van der Waals surface area contributed by atoms with Gasteiger partial charge in [-0.15, -0.1) is 0 Å². The second-order valence-electron chi connectivity index (χ2n) is 10.1. The SMILES string of the molecule is CC=CC1CCC(CCc2ccc(-c3ccc(C4CCC(CCC)CO4)c(F)c3F)c(F)c2F)OC1. The molecule has 4 rings (SSSR count). The topological polar surface area (TPSA) is 18.5 Å². The van der Waals surface area contributed by atoms with Gasteiger partial charge in [0.1, 0.15) is 0 Å². The van der Waals surface area contributed by atoms with Gasteiger partial charge in [0.2, 0.25) is 0 Å². The molecule has 2 aromatic carbocycles. The molecule has 0 radical (unpaired) electrons. The van der Waals surface area contributed by atoms with Crippen LogP contribution in [0.1, 0.15) is 76.0 Å². The Labute approximate surface area is 211 Å². The Bertz CT molecular complexity index is 1050. The number of hydrogen-bond acceptors (Lipinski definition) is 2. The highest BCUT2D eigenvalue weighted by Crippen LogP contribution is 2.37. The Hall–Kier alpha value is -2.18. The number of aryl methyl sites for hydroxylation is 1. The van der Waals surface area contributed by atoms with Crippen LogP contribution in [0.25, 0.3) is 11.1 Å². The minimum absolute atomic E-state index is 0.00647. The molecule has 2 nitrogen and oxygen atoms in total. The molecule has 0 N–H and O–H groups in total. The van der Waals surface area contributed by atoms with Gasteiger partial charge in [-0.2, -0.15) is 0 Å². The van der Waals surface area contributed by atoms with E-state index in [1.807, 2.05) is 13.0 Å². The summed E-state index contributed by atoms with van der Waals surface area (Å²) >= 11 is 0. The van der Waals surface area contributed by atoms with Gasteiger partial charge in [-0.1, -0.05) is 49.8 Å². The molecule has 6 heteroatoms. The molecular formula is C30H36F4O2. The molecule has 0 saturated carbocycles. The number of allylic oxidation sites excluding steroid dienone is 1. The number of benzene rings is 2. The molecule has 0 spiro atoms. The van der Waals surface area contributed by atoms with Crippen molar-refractivity contribution in [1.82, 2.24) is 0 Å². The average Bonchev–Trinajstić information content (AvgIpc) is 2.89. The van der Waals surface area contributed by atoms with Crippen molar-refractivity contribution >= 4 is 0 Å². The predicted molar refractivity (Wildman–Crippen MR) is 134 cm³/mol. The standard InChI is InChI=1S/C30H36F4O2/c1-3-5-19-7-11-22(35-17-19)12-9-21-10-13-23(28(32)27(21)31)24-14-15-25(30(34)29(24)33)26-16-8-20(6-4-2)18-36-26/h3,5,10,13-15,19-20,22,26H,4,6-9,11-12,16-18H2,1-2H3. The summed E-state index contributed by atoms with van der Waals surface area (Å²) in [5.41, 5.74) is -0.225. The van der Waals surface area contributed by atoms with Crippen LogP contribution >= 0.6 is 0 Å². The Kier molecular flexibility index (Phi) is 9.24. The summed E-state index contributed by atoms with van der Waals surface area (Å²) in [5, 5.41) is 0. The van der Waals surface area contributed by atoms with E-state index in [0.717, 1.165) is 32.1 Å². The van der Waals surface area contributed by atoms with Crippen LogP contribution < -0.4 is 0 Å². The fourth-order valence-electron chi connectivity index (χ4n) is 5.49. The largest absolute Gasteiger partial charge is 0.378 e. The third-order valence-corrected chi connectivity index (χ3v) is 7.58. The first-order chi connectivity index (χ1) is 17.4. The zero-order valence-electron chi connectivity index (χ0n) is 21.2. The smallest absolute Gasteiger partial charge is 0.167 e. The monoisotopic (exact) mass is 504 g/mol. The zero-order valence-corrected chi connectivity index (χ0v) is 21.2. The summed E-state index contributed by atoms with van der Waals surface area (Å²) in [4.78, 5) is 0. The molecule has 0 aromatic heterocycles. The molecule has 4 unspecified atom stereocenters. The van der Waals surface area contributed by atoms with Gasteiger partial charge in [-0.25, -0.2) is 17.6 Å². The van der Waals surface area contributed by atoms with Crippen molar-refractivity contribution in [1.29, 1.82) is 0 Å². The van der Waals surface area contributed by atoms with Crippen molar-refractivity contribution < 1.29 is 27.0 Å². The lowest BCUT2D eigenvalue weighted by molar-refractivity contribution is -0.0214. The molecule has 2 aliphatic rings. The summed E-state index contributed by atoms with van der Waals surface area (Å²) in [6, 6.07) is 5.55. The summed E-state index contributed by atoms with van der Waals surface area (Å²) in [7, 11) is 0. The second-order valence-corrected chi connectivity index (χ2v) is 10.1. The maximum Gasteiger partial charge on any atom is 0.167 e. The lowest BCUT2D eigenvalue weighted by Crippen LogP contribution is -2.25. The molecule has 4 atom stereocenters. The van der Waals surface area contributed by atoms with Crippen LogP contribution in [0, 0.1) is 35.1 Å². The normalized spacial score (nSPS) is 24.9. The first-order valence-electron chi connectivity index (χ1n) is 13.2. The summed E-state index contributed by atoms with van der Waals surface area (Å²) in [6.45, 7) is 5.25. The predicted octanol–water partition coefficient (Wildman–Crippen LogP) is 8.48. The Balaban J connectivity index is 1.44. The van der Waals surface area contributed by atoms with Gasteiger partial charge in [0.25, 0.3) is 0 Å². The summed E-state index contributed by atoms with van der Waals surface area (Å²) < 4.78 is 71.6. The molecule has 196 valence electrons. The Morgan fingerprint density at radius 3 is 2.19 bits per heavy atom. The molecule has 2 fully saturated rings. The van der Waals surface area contributed by atoms with Crippen molar-refractivity contribution in [2.45, 2.75) is 77.4 Å². The van der Waals surface area contributed by atoms with E-state index in [4.69, 9.17) is 9.47 Å². The minimum Gasteiger partial charge on any atom is -0.378 e. The lowest BCUT2D eigenvalue weighted by Gasteiger charge is -2.29. The molecular weight excluding hydrogens is 468 g/mol. The van der Waals surface area contributed by atoms with Gasteiger partial charge in [0.05, 0.1) is 25.4 Å². The van der Waals surface area contributed by atoms with Crippen molar-refractivity contribution in [3.05, 3.63) is 70.8 Å². The van der Waals surface area contributed by atoms with Crippen LogP contribution in [0.15, 0.2) is 36.4 Å². The first kappa shape index (κ1) is 26.9. The quantitative estimate of drug-likeness (QED) is 0.265. The second kappa shape index (κ2) is 12.4. The maximum atomic E-state index is 15.0. The summed E-state index contributed by atoms with van der Waals surface area (Å²) in [6.07, 6.45) is 10.0. The van der Waals surface area contributed by atoms with Crippen LogP contribution in [-0.2, 0) is 15.9 Å². The number of ether oxygens (including phenoxy) is 2. The first-order valence-corrected chi connectivity index (χ1v) is 13.2. The Morgan fingerprint density at radius 1 is 0.806 bits per heavy atom. The molecule has 2 aromatic rings. The third-order valence-electron chi connectivity index (χ3n) is 7.58. The van der Waals surface area contributed by atoms with Gasteiger partial charge >= 0.3 is 0 Å². The highest BCUT2D eigenvalue weighted by atomic mass is 19.2. The maximum absolute atomic E-state index is 15.0. The lowest BCUT2D eigenvalue weighted by atomic mass is 9.90. The fourth-order valence-corrected chi connectivity index (χ4v) is 5.49. The van der Waals surface area contributed by atoms with E-state index in [1.54, 1.807) is 0 Å². The highest BCUT2D eigenvalue weighted by molar-refractivity contribution is 5.66. The zero-order chi connectivity index (χ0) is 25.7. The van der Waals surface area contributed by atoms with Crippen LogP contribution in [0.2, 0.25) is 0 Å². The van der Waals surface area contributed by atoms with E-state index < -0.39 is 29.4 Å². The van der Waals surface area contributed by atoms with Gasteiger partial charge < -0.3 is 9.47 Å². The van der Waals surface area contributed by atoms with Crippen LogP contribution in [0.3, 0.4) is 0 Å². The third kappa shape index (κ3) is 6.03. The molecule has 0 amide bonds. The van der Waals surface area contributed by atoms with E-state index in [9.17, 15) is 4.39 Å². The van der Waals surface area contributed by atoms with E-state index in [0.29, 0.717) is 44.3 Å². The van der Waals surface area contributed by atoms with Crippen LogP contribution in [-0.4, -0.2) is 19.3 Å². The molecule has 36 heavy (non-hydrogen) atoms. The van der Waals surface area contributed by atoms with Crippen molar-refractivity contribution in [3.63, 3.8) is 0 Å². The van der Waals surface area contributed by atoms with E-state index in [2.05, 4.69) is 13.0 Å². The molecule has 2 heterocycles. The molecule has 2 aliphatic heterocycles. The van der Waals surface area contributed by atoms with Gasteiger partial charge in [-0.3, -0.25) is 0 Å². The van der Waals surface area contributed by atoms with Crippen molar-refractivity contribution in [2.24, 2.45) is 11.8 Å². The van der Waals surface area contributed by atoms with E-state index in [1.165, 1.54) is 24.3 Å². The Morgan fingerprint density at radius 2 is 1.56 bits per heavy atom. The fraction of sp³-hybridized carbons (Fsp3) is 0.533.